The van der Waals surface area contributed by atoms with Crippen LogP contribution in [0.1, 0.15) is 0 Å². The lowest BCUT2D eigenvalue weighted by Crippen LogP contribution is -1.89. The highest BCUT2D eigenvalue weighted by Gasteiger charge is 2.11. The fourth-order valence-corrected chi connectivity index (χ4v) is 4.58. The molecule has 0 N–H and O–H groups in total. The average Bonchev–Trinajstić information content (AvgIpc) is 2.88. The van der Waals surface area contributed by atoms with Crippen LogP contribution in [0.4, 0.5) is 0 Å². The summed E-state index contributed by atoms with van der Waals surface area (Å²) in [6, 6.07) is 49.1. The molecule has 6 aromatic rings. The normalized spacial score (nSPS) is 11.1. The number of rotatable bonds is 3. The first-order chi connectivity index (χ1) is 15.9. The van der Waals surface area contributed by atoms with Crippen molar-refractivity contribution in [3.8, 4) is 33.4 Å². The molecule has 0 heterocycles. The van der Waals surface area contributed by atoms with Crippen LogP contribution in [-0.4, -0.2) is 0 Å². The predicted molar refractivity (Wildman–Crippen MR) is 137 cm³/mol. The maximum atomic E-state index is 3.77. The predicted octanol–water partition coefficient (Wildman–Crippen LogP) is 8.79. The molecule has 1 radical (unpaired) electrons. The van der Waals surface area contributed by atoms with Crippen LogP contribution in [0.25, 0.3) is 54.9 Å². The Morgan fingerprint density at radius 2 is 0.844 bits per heavy atom. The van der Waals surface area contributed by atoms with E-state index in [-0.39, 0.29) is 0 Å². The summed E-state index contributed by atoms with van der Waals surface area (Å²) in [5.41, 5.74) is 7.07. The highest BCUT2D eigenvalue weighted by molar-refractivity contribution is 6.01. The van der Waals surface area contributed by atoms with E-state index < -0.39 is 0 Å². The summed E-state index contributed by atoms with van der Waals surface area (Å²) in [4.78, 5) is 0. The summed E-state index contributed by atoms with van der Waals surface area (Å²) in [6.45, 7) is 0. The van der Waals surface area contributed by atoms with E-state index >= 15 is 0 Å². The van der Waals surface area contributed by atoms with Crippen molar-refractivity contribution in [2.75, 3.05) is 0 Å². The van der Waals surface area contributed by atoms with E-state index in [1.165, 1.54) is 43.8 Å². The smallest absolute Gasteiger partial charge is 0.00134 e. The van der Waals surface area contributed by atoms with Crippen molar-refractivity contribution in [3.63, 3.8) is 0 Å². The summed E-state index contributed by atoms with van der Waals surface area (Å²) >= 11 is 0. The molecule has 0 aliphatic carbocycles. The molecule has 0 spiro atoms. The molecule has 0 aliphatic rings. The van der Waals surface area contributed by atoms with E-state index in [1.807, 2.05) is 0 Å². The molecule has 0 heteroatoms. The second kappa shape index (κ2) is 7.83. The Labute approximate surface area is 188 Å². The second-order valence-electron chi connectivity index (χ2n) is 8.12. The van der Waals surface area contributed by atoms with Crippen molar-refractivity contribution in [2.45, 2.75) is 0 Å². The minimum Gasteiger partial charge on any atom is -0.0622 e. The van der Waals surface area contributed by atoms with E-state index in [2.05, 4.69) is 133 Å². The van der Waals surface area contributed by atoms with Crippen LogP contribution >= 0.6 is 0 Å². The summed E-state index contributed by atoms with van der Waals surface area (Å²) in [7, 11) is 0. The van der Waals surface area contributed by atoms with Crippen LogP contribution in [0.3, 0.4) is 0 Å². The average molecular weight is 406 g/mol. The molecule has 6 aromatic carbocycles. The van der Waals surface area contributed by atoms with Crippen molar-refractivity contribution in [1.82, 2.24) is 0 Å². The Kier molecular flexibility index (Phi) is 4.55. The second-order valence-corrected chi connectivity index (χ2v) is 8.12. The zero-order chi connectivity index (χ0) is 21.3. The first kappa shape index (κ1) is 18.6. The molecule has 0 amide bonds. The van der Waals surface area contributed by atoms with Crippen molar-refractivity contribution < 1.29 is 0 Å². The van der Waals surface area contributed by atoms with Crippen molar-refractivity contribution in [3.05, 3.63) is 133 Å². The molecule has 0 nitrogen and oxygen atoms in total. The summed E-state index contributed by atoms with van der Waals surface area (Å²) in [5.74, 6) is 0. The summed E-state index contributed by atoms with van der Waals surface area (Å²) in [6.07, 6.45) is 0. The van der Waals surface area contributed by atoms with Gasteiger partial charge in [0.1, 0.15) is 0 Å². The molecule has 0 bridgehead atoms. The first-order valence-electron chi connectivity index (χ1n) is 11.0. The third kappa shape index (κ3) is 3.27. The van der Waals surface area contributed by atoms with Crippen LogP contribution in [0.15, 0.2) is 127 Å². The maximum Gasteiger partial charge on any atom is -0.00134 e. The molecule has 0 atom stereocenters. The van der Waals surface area contributed by atoms with Gasteiger partial charge in [0.2, 0.25) is 0 Å². The van der Waals surface area contributed by atoms with Crippen LogP contribution < -0.4 is 0 Å². The number of fused-ring (bicyclic) bond motifs is 2. The highest BCUT2D eigenvalue weighted by atomic mass is 14.1. The molecule has 0 fully saturated rings. The van der Waals surface area contributed by atoms with Gasteiger partial charge in [0.15, 0.2) is 0 Å². The standard InChI is InChI=1S/C32H21/c1-2-10-23(11-3-1)26-20-27(31-18-8-14-24-12-4-6-16-29(24)31)22-28(21-26)32-19-9-15-25-13-5-7-17-30(25)32/h1-21H. The SMILES string of the molecule is [c]1c(-c2cccc3ccccc23)cc(-c2ccccc2)cc1-c1cccc2ccccc12. The highest BCUT2D eigenvalue weighted by Crippen LogP contribution is 2.37. The summed E-state index contributed by atoms with van der Waals surface area (Å²) < 4.78 is 0. The Balaban J connectivity index is 1.65. The van der Waals surface area contributed by atoms with Gasteiger partial charge < -0.3 is 0 Å². The molecular formula is C32H21. The van der Waals surface area contributed by atoms with Gasteiger partial charge in [-0.2, -0.15) is 0 Å². The van der Waals surface area contributed by atoms with E-state index in [9.17, 15) is 0 Å². The Morgan fingerprint density at radius 1 is 0.375 bits per heavy atom. The lowest BCUT2D eigenvalue weighted by atomic mass is 9.90. The molecule has 6 rings (SSSR count). The molecule has 0 saturated heterocycles. The van der Waals surface area contributed by atoms with Gasteiger partial charge in [0, 0.05) is 0 Å². The van der Waals surface area contributed by atoms with Gasteiger partial charge in [0.25, 0.3) is 0 Å². The zero-order valence-corrected chi connectivity index (χ0v) is 17.6. The Bertz CT molecular complexity index is 1450. The van der Waals surface area contributed by atoms with E-state index in [1.54, 1.807) is 0 Å². The number of benzene rings is 6. The summed E-state index contributed by atoms with van der Waals surface area (Å²) in [5, 5.41) is 4.99. The van der Waals surface area contributed by atoms with Crippen LogP contribution in [-0.2, 0) is 0 Å². The van der Waals surface area contributed by atoms with Gasteiger partial charge in [-0.1, -0.05) is 115 Å². The van der Waals surface area contributed by atoms with Gasteiger partial charge in [-0.05, 0) is 73.1 Å². The van der Waals surface area contributed by atoms with Crippen molar-refractivity contribution in [2.24, 2.45) is 0 Å². The van der Waals surface area contributed by atoms with E-state index in [0.29, 0.717) is 0 Å². The van der Waals surface area contributed by atoms with Crippen LogP contribution in [0.2, 0.25) is 0 Å². The third-order valence-corrected chi connectivity index (χ3v) is 6.14. The Hall–Kier alpha value is -4.16. The molecule has 149 valence electrons. The molecule has 0 aromatic heterocycles. The largest absolute Gasteiger partial charge is 0.0622 e. The van der Waals surface area contributed by atoms with E-state index in [0.717, 1.165) is 11.1 Å². The molecule has 0 saturated carbocycles. The molecule has 0 aliphatic heterocycles. The Morgan fingerprint density at radius 3 is 1.41 bits per heavy atom. The zero-order valence-electron chi connectivity index (χ0n) is 17.6. The molecule has 0 unspecified atom stereocenters. The minimum atomic E-state index is 1.12. The lowest BCUT2D eigenvalue weighted by Gasteiger charge is -2.14. The monoisotopic (exact) mass is 405 g/mol. The topological polar surface area (TPSA) is 0 Å². The van der Waals surface area contributed by atoms with Crippen LogP contribution in [0, 0.1) is 6.07 Å². The quantitative estimate of drug-likeness (QED) is 0.276. The minimum absolute atomic E-state index is 1.12. The number of hydrogen-bond donors (Lipinski definition) is 0. The van der Waals surface area contributed by atoms with Crippen molar-refractivity contribution >= 4 is 21.5 Å². The van der Waals surface area contributed by atoms with Gasteiger partial charge in [0.05, 0.1) is 0 Å². The third-order valence-electron chi connectivity index (χ3n) is 6.14. The fraction of sp³-hybridized carbons (Fsp3) is 0. The lowest BCUT2D eigenvalue weighted by molar-refractivity contribution is 1.58. The van der Waals surface area contributed by atoms with Gasteiger partial charge in [-0.25, -0.2) is 0 Å². The molecule has 32 heavy (non-hydrogen) atoms. The first-order valence-corrected chi connectivity index (χ1v) is 11.0. The van der Waals surface area contributed by atoms with Gasteiger partial charge >= 0.3 is 0 Å². The molecular weight excluding hydrogens is 384 g/mol. The van der Waals surface area contributed by atoms with E-state index in [4.69, 9.17) is 0 Å². The maximum absolute atomic E-state index is 3.77. The van der Waals surface area contributed by atoms with Gasteiger partial charge in [-0.3, -0.25) is 0 Å². The van der Waals surface area contributed by atoms with Crippen LogP contribution in [0.5, 0.6) is 0 Å². The fourth-order valence-electron chi connectivity index (χ4n) is 4.58. The number of hydrogen-bond acceptors (Lipinski definition) is 0. The van der Waals surface area contributed by atoms with Gasteiger partial charge in [-0.15, -0.1) is 0 Å². The van der Waals surface area contributed by atoms with Crippen molar-refractivity contribution in [1.29, 1.82) is 0 Å².